The Bertz CT molecular complexity index is 397. The van der Waals surface area contributed by atoms with Crippen LogP contribution in [0.25, 0.3) is 0 Å². The lowest BCUT2D eigenvalue weighted by molar-refractivity contribution is 0.297. The fourth-order valence-corrected chi connectivity index (χ4v) is 1.61. The summed E-state index contributed by atoms with van der Waals surface area (Å²) in [6, 6.07) is 8.02. The first-order chi connectivity index (χ1) is 7.38. The Morgan fingerprint density at radius 1 is 1.33 bits per heavy atom. The number of H-pyrrole nitrogens is 1. The number of nitrogens with one attached hydrogen (secondary N) is 1. The lowest BCUT2D eigenvalue weighted by Gasteiger charge is -2.04. The molecule has 0 saturated heterocycles. The first kappa shape index (κ1) is 10.1. The van der Waals surface area contributed by atoms with E-state index in [2.05, 4.69) is 16.2 Å². The van der Waals surface area contributed by atoms with Crippen molar-refractivity contribution in [3.63, 3.8) is 0 Å². The molecule has 2 aromatic rings. The summed E-state index contributed by atoms with van der Waals surface area (Å²) >= 11 is 1.72. The molecule has 0 atom stereocenters. The second-order valence-electron chi connectivity index (χ2n) is 3.00. The molecule has 1 heterocycles. The first-order valence-electron chi connectivity index (χ1n) is 4.63. The predicted octanol–water partition coefficient (Wildman–Crippen LogP) is 2.71. The van der Waals surface area contributed by atoms with Gasteiger partial charge in [0, 0.05) is 17.3 Å². The van der Waals surface area contributed by atoms with Crippen molar-refractivity contribution >= 4 is 11.8 Å². The molecular weight excluding hydrogens is 208 g/mol. The monoisotopic (exact) mass is 220 g/mol. The normalized spacial score (nSPS) is 10.2. The van der Waals surface area contributed by atoms with Crippen molar-refractivity contribution in [2.24, 2.45) is 0 Å². The fourth-order valence-electron chi connectivity index (χ4n) is 1.20. The summed E-state index contributed by atoms with van der Waals surface area (Å²) in [6.07, 6.45) is 5.56. The SMILES string of the molecule is CSc1ccc(OCc2ncc[nH]2)cc1. The maximum absolute atomic E-state index is 5.55. The van der Waals surface area contributed by atoms with E-state index >= 15 is 0 Å². The molecule has 1 aromatic heterocycles. The molecule has 0 unspecified atom stereocenters. The van der Waals surface area contributed by atoms with Crippen molar-refractivity contribution in [1.82, 2.24) is 9.97 Å². The number of benzene rings is 1. The van der Waals surface area contributed by atoms with Gasteiger partial charge >= 0.3 is 0 Å². The molecule has 0 saturated carbocycles. The largest absolute Gasteiger partial charge is 0.486 e. The minimum atomic E-state index is 0.478. The van der Waals surface area contributed by atoms with Crippen LogP contribution in [-0.2, 0) is 6.61 Å². The molecule has 0 aliphatic carbocycles. The van der Waals surface area contributed by atoms with Gasteiger partial charge in [0.1, 0.15) is 18.2 Å². The van der Waals surface area contributed by atoms with E-state index in [1.54, 1.807) is 24.2 Å². The fraction of sp³-hybridized carbons (Fsp3) is 0.182. The summed E-state index contributed by atoms with van der Waals surface area (Å²) in [5, 5.41) is 0. The van der Waals surface area contributed by atoms with E-state index in [0.29, 0.717) is 6.61 Å². The van der Waals surface area contributed by atoms with Crippen LogP contribution in [0, 0.1) is 0 Å². The molecule has 0 aliphatic rings. The van der Waals surface area contributed by atoms with E-state index in [1.807, 2.05) is 24.3 Å². The summed E-state index contributed by atoms with van der Waals surface area (Å²) in [5.41, 5.74) is 0. The topological polar surface area (TPSA) is 37.9 Å². The van der Waals surface area contributed by atoms with Gasteiger partial charge in [0.25, 0.3) is 0 Å². The van der Waals surface area contributed by atoms with Crippen LogP contribution in [0.2, 0.25) is 0 Å². The minimum Gasteiger partial charge on any atom is -0.486 e. The number of thioether (sulfide) groups is 1. The number of aromatic nitrogens is 2. The van der Waals surface area contributed by atoms with Crippen LogP contribution in [0.1, 0.15) is 5.82 Å². The van der Waals surface area contributed by atoms with Gasteiger partial charge in [-0.3, -0.25) is 0 Å². The molecule has 0 aliphatic heterocycles. The van der Waals surface area contributed by atoms with Crippen molar-refractivity contribution in [2.45, 2.75) is 11.5 Å². The van der Waals surface area contributed by atoms with Crippen molar-refractivity contribution in [2.75, 3.05) is 6.26 Å². The molecule has 0 amide bonds. The Morgan fingerprint density at radius 3 is 2.73 bits per heavy atom. The highest BCUT2D eigenvalue weighted by Crippen LogP contribution is 2.19. The molecule has 1 aromatic carbocycles. The van der Waals surface area contributed by atoms with E-state index in [-0.39, 0.29) is 0 Å². The molecule has 2 rings (SSSR count). The Balaban J connectivity index is 1.93. The lowest BCUT2D eigenvalue weighted by Crippen LogP contribution is -1.96. The lowest BCUT2D eigenvalue weighted by atomic mass is 10.3. The zero-order valence-electron chi connectivity index (χ0n) is 8.43. The van der Waals surface area contributed by atoms with Crippen LogP contribution in [0.5, 0.6) is 5.75 Å². The number of imidazole rings is 1. The first-order valence-corrected chi connectivity index (χ1v) is 5.86. The van der Waals surface area contributed by atoms with Gasteiger partial charge in [-0.25, -0.2) is 4.98 Å². The summed E-state index contributed by atoms with van der Waals surface area (Å²) in [6.45, 7) is 0.478. The van der Waals surface area contributed by atoms with Gasteiger partial charge in [0.05, 0.1) is 0 Å². The van der Waals surface area contributed by atoms with E-state index in [4.69, 9.17) is 4.74 Å². The maximum Gasteiger partial charge on any atom is 0.146 e. The zero-order chi connectivity index (χ0) is 10.5. The standard InChI is InChI=1S/C11H12N2OS/c1-15-10-4-2-9(3-5-10)14-8-11-12-6-7-13-11/h2-7H,8H2,1H3,(H,12,13). The molecular formula is C11H12N2OS. The smallest absolute Gasteiger partial charge is 0.146 e. The van der Waals surface area contributed by atoms with Crippen molar-refractivity contribution in [3.8, 4) is 5.75 Å². The number of hydrogen-bond donors (Lipinski definition) is 1. The van der Waals surface area contributed by atoms with Gasteiger partial charge in [-0.15, -0.1) is 11.8 Å². The molecule has 4 heteroatoms. The van der Waals surface area contributed by atoms with Gasteiger partial charge in [-0.1, -0.05) is 0 Å². The Labute approximate surface area is 92.9 Å². The molecule has 0 radical (unpaired) electrons. The highest BCUT2D eigenvalue weighted by molar-refractivity contribution is 7.98. The van der Waals surface area contributed by atoms with Gasteiger partial charge in [0.15, 0.2) is 0 Å². The molecule has 0 bridgehead atoms. The average Bonchev–Trinajstić information content (AvgIpc) is 2.80. The van der Waals surface area contributed by atoms with E-state index in [0.717, 1.165) is 11.6 Å². The Morgan fingerprint density at radius 2 is 2.13 bits per heavy atom. The van der Waals surface area contributed by atoms with E-state index < -0.39 is 0 Å². The molecule has 78 valence electrons. The summed E-state index contributed by atoms with van der Waals surface area (Å²) in [5.74, 6) is 1.70. The molecule has 0 spiro atoms. The second-order valence-corrected chi connectivity index (χ2v) is 3.88. The third-order valence-electron chi connectivity index (χ3n) is 1.99. The number of hydrogen-bond acceptors (Lipinski definition) is 3. The second kappa shape index (κ2) is 4.89. The van der Waals surface area contributed by atoms with Crippen LogP contribution in [-0.4, -0.2) is 16.2 Å². The number of rotatable bonds is 4. The van der Waals surface area contributed by atoms with Crippen molar-refractivity contribution in [1.29, 1.82) is 0 Å². The third kappa shape index (κ3) is 2.76. The van der Waals surface area contributed by atoms with Crippen LogP contribution in [0.3, 0.4) is 0 Å². The quantitative estimate of drug-likeness (QED) is 0.805. The van der Waals surface area contributed by atoms with Gasteiger partial charge in [0.2, 0.25) is 0 Å². The zero-order valence-corrected chi connectivity index (χ0v) is 9.25. The molecule has 0 fully saturated rings. The summed E-state index contributed by atoms with van der Waals surface area (Å²) in [4.78, 5) is 8.31. The summed E-state index contributed by atoms with van der Waals surface area (Å²) in [7, 11) is 0. The van der Waals surface area contributed by atoms with Gasteiger partial charge in [-0.2, -0.15) is 0 Å². The third-order valence-corrected chi connectivity index (χ3v) is 2.73. The Kier molecular flexibility index (Phi) is 3.29. The van der Waals surface area contributed by atoms with Crippen LogP contribution >= 0.6 is 11.8 Å². The average molecular weight is 220 g/mol. The number of ether oxygens (including phenoxy) is 1. The van der Waals surface area contributed by atoms with Crippen molar-refractivity contribution in [3.05, 3.63) is 42.5 Å². The van der Waals surface area contributed by atoms with E-state index in [9.17, 15) is 0 Å². The number of aromatic amines is 1. The van der Waals surface area contributed by atoms with Crippen LogP contribution in [0.15, 0.2) is 41.6 Å². The van der Waals surface area contributed by atoms with Gasteiger partial charge < -0.3 is 9.72 Å². The van der Waals surface area contributed by atoms with Crippen molar-refractivity contribution < 1.29 is 4.74 Å². The minimum absolute atomic E-state index is 0.478. The van der Waals surface area contributed by atoms with E-state index in [1.165, 1.54) is 4.90 Å². The molecule has 15 heavy (non-hydrogen) atoms. The highest BCUT2D eigenvalue weighted by Gasteiger charge is 1.97. The Hall–Kier alpha value is -1.42. The number of nitrogens with zero attached hydrogens (tertiary/aromatic N) is 1. The molecule has 1 N–H and O–H groups in total. The predicted molar refractivity (Wildman–Crippen MR) is 61.1 cm³/mol. The van der Waals surface area contributed by atoms with Gasteiger partial charge in [-0.05, 0) is 30.5 Å². The molecule has 3 nitrogen and oxygen atoms in total. The van der Waals surface area contributed by atoms with Crippen LogP contribution in [0.4, 0.5) is 0 Å². The summed E-state index contributed by atoms with van der Waals surface area (Å²) < 4.78 is 5.55. The highest BCUT2D eigenvalue weighted by atomic mass is 32.2. The van der Waals surface area contributed by atoms with Crippen LogP contribution < -0.4 is 4.74 Å². The maximum atomic E-state index is 5.55.